The van der Waals surface area contributed by atoms with Gasteiger partial charge < -0.3 is 5.11 Å². The normalized spacial score (nSPS) is 54.8. The standard InChI is InChI=1S/C15H26O/c1-13(2)9-12-11(13)5-8-14(3)6-4-7-15(12,16)10-14/h11-12,16H,4-10H2,1-3H3/t11-,12-,14-,15+/m0/s1. The van der Waals surface area contributed by atoms with Gasteiger partial charge in [-0.2, -0.15) is 0 Å². The van der Waals surface area contributed by atoms with Gasteiger partial charge in [-0.1, -0.05) is 27.2 Å². The Hall–Kier alpha value is -0.0400. The number of hydrogen-bond donors (Lipinski definition) is 1. The largest absolute Gasteiger partial charge is 0.390 e. The van der Waals surface area contributed by atoms with Crippen LogP contribution in [0.15, 0.2) is 0 Å². The van der Waals surface area contributed by atoms with Gasteiger partial charge in [0.15, 0.2) is 0 Å². The first-order valence-electron chi connectivity index (χ1n) is 7.07. The lowest BCUT2D eigenvalue weighted by Gasteiger charge is -2.58. The lowest BCUT2D eigenvalue weighted by Crippen LogP contribution is -2.56. The fourth-order valence-electron chi connectivity index (χ4n) is 5.17. The molecule has 0 aliphatic heterocycles. The highest BCUT2D eigenvalue weighted by molar-refractivity contribution is 5.10. The van der Waals surface area contributed by atoms with Gasteiger partial charge in [-0.05, 0) is 61.2 Å². The van der Waals surface area contributed by atoms with Crippen LogP contribution < -0.4 is 0 Å². The van der Waals surface area contributed by atoms with E-state index >= 15 is 0 Å². The molecule has 0 unspecified atom stereocenters. The molecule has 4 atom stereocenters. The molecule has 0 heterocycles. The van der Waals surface area contributed by atoms with Crippen LogP contribution in [0.25, 0.3) is 0 Å². The van der Waals surface area contributed by atoms with Crippen LogP contribution in [0.3, 0.4) is 0 Å². The van der Waals surface area contributed by atoms with Gasteiger partial charge in [-0.15, -0.1) is 0 Å². The van der Waals surface area contributed by atoms with Crippen molar-refractivity contribution in [3.05, 3.63) is 0 Å². The molecule has 3 rings (SSSR count). The van der Waals surface area contributed by atoms with Crippen molar-refractivity contribution in [2.75, 3.05) is 0 Å². The number of aliphatic hydroxyl groups is 1. The number of fused-ring (bicyclic) bond motifs is 4. The number of hydrogen-bond acceptors (Lipinski definition) is 1. The fraction of sp³-hybridized carbons (Fsp3) is 1.00. The summed E-state index contributed by atoms with van der Waals surface area (Å²) in [4.78, 5) is 0. The Morgan fingerprint density at radius 3 is 2.44 bits per heavy atom. The van der Waals surface area contributed by atoms with E-state index in [1.54, 1.807) is 0 Å². The molecule has 1 N–H and O–H groups in total. The molecule has 1 heteroatoms. The van der Waals surface area contributed by atoms with Crippen LogP contribution in [0.2, 0.25) is 0 Å². The van der Waals surface area contributed by atoms with E-state index in [0.29, 0.717) is 16.7 Å². The quantitative estimate of drug-likeness (QED) is 0.662. The molecule has 0 radical (unpaired) electrons. The summed E-state index contributed by atoms with van der Waals surface area (Å²) in [5, 5.41) is 11.0. The minimum Gasteiger partial charge on any atom is -0.390 e. The summed E-state index contributed by atoms with van der Waals surface area (Å²) in [6, 6.07) is 0. The average Bonchev–Trinajstić information content (AvgIpc) is 2.19. The summed E-state index contributed by atoms with van der Waals surface area (Å²) in [6.45, 7) is 7.21. The maximum absolute atomic E-state index is 11.0. The van der Waals surface area contributed by atoms with Crippen molar-refractivity contribution >= 4 is 0 Å². The van der Waals surface area contributed by atoms with Gasteiger partial charge in [0.1, 0.15) is 0 Å². The monoisotopic (exact) mass is 222 g/mol. The highest BCUT2D eigenvalue weighted by Gasteiger charge is 2.59. The van der Waals surface area contributed by atoms with Crippen molar-refractivity contribution in [1.82, 2.24) is 0 Å². The summed E-state index contributed by atoms with van der Waals surface area (Å²) >= 11 is 0. The van der Waals surface area contributed by atoms with Crippen LogP contribution in [-0.4, -0.2) is 10.7 Å². The van der Waals surface area contributed by atoms with Crippen molar-refractivity contribution in [3.63, 3.8) is 0 Å². The Morgan fingerprint density at radius 2 is 1.75 bits per heavy atom. The van der Waals surface area contributed by atoms with Crippen LogP contribution >= 0.6 is 0 Å². The Labute approximate surface area is 99.6 Å². The zero-order valence-corrected chi connectivity index (χ0v) is 11.1. The minimum absolute atomic E-state index is 0.302. The van der Waals surface area contributed by atoms with E-state index in [2.05, 4.69) is 20.8 Å². The summed E-state index contributed by atoms with van der Waals surface area (Å²) < 4.78 is 0. The molecule has 0 amide bonds. The third-order valence-electron chi connectivity index (χ3n) is 6.11. The molecule has 92 valence electrons. The fourth-order valence-corrected chi connectivity index (χ4v) is 5.17. The van der Waals surface area contributed by atoms with Crippen LogP contribution in [0, 0.1) is 22.7 Å². The van der Waals surface area contributed by atoms with E-state index in [1.165, 1.54) is 32.1 Å². The topological polar surface area (TPSA) is 20.2 Å². The Morgan fingerprint density at radius 1 is 1.00 bits per heavy atom. The highest BCUT2D eigenvalue weighted by Crippen LogP contribution is 2.64. The van der Waals surface area contributed by atoms with Crippen molar-refractivity contribution in [3.8, 4) is 0 Å². The maximum atomic E-state index is 11.0. The van der Waals surface area contributed by atoms with Gasteiger partial charge in [0.05, 0.1) is 5.60 Å². The first-order valence-corrected chi connectivity index (χ1v) is 7.07. The molecule has 0 saturated heterocycles. The lowest BCUT2D eigenvalue weighted by molar-refractivity contribution is -0.161. The SMILES string of the molecule is CC1(C)C[C@H]2[C@@H]1CC[C@]1(C)CCC[C@@]2(O)C1. The van der Waals surface area contributed by atoms with Gasteiger partial charge in [-0.3, -0.25) is 0 Å². The summed E-state index contributed by atoms with van der Waals surface area (Å²) in [7, 11) is 0. The van der Waals surface area contributed by atoms with E-state index in [4.69, 9.17) is 0 Å². The maximum Gasteiger partial charge on any atom is 0.0684 e. The van der Waals surface area contributed by atoms with Crippen molar-refractivity contribution in [1.29, 1.82) is 0 Å². The van der Waals surface area contributed by atoms with Gasteiger partial charge in [0, 0.05) is 0 Å². The minimum atomic E-state index is -0.302. The number of rotatable bonds is 0. The predicted octanol–water partition coefficient (Wildman–Crippen LogP) is 3.75. The van der Waals surface area contributed by atoms with E-state index in [9.17, 15) is 5.11 Å². The molecule has 0 aromatic heterocycles. The molecule has 3 aliphatic carbocycles. The van der Waals surface area contributed by atoms with Gasteiger partial charge in [0.2, 0.25) is 0 Å². The summed E-state index contributed by atoms with van der Waals surface area (Å²) in [5.41, 5.74) is 0.637. The molecule has 16 heavy (non-hydrogen) atoms. The third-order valence-corrected chi connectivity index (χ3v) is 6.11. The van der Waals surface area contributed by atoms with Crippen LogP contribution in [0.5, 0.6) is 0 Å². The van der Waals surface area contributed by atoms with E-state index in [-0.39, 0.29) is 5.60 Å². The Balaban J connectivity index is 1.92. The van der Waals surface area contributed by atoms with Gasteiger partial charge >= 0.3 is 0 Å². The molecule has 2 bridgehead atoms. The molecule has 3 aliphatic rings. The van der Waals surface area contributed by atoms with E-state index in [1.807, 2.05) is 0 Å². The van der Waals surface area contributed by atoms with Crippen molar-refractivity contribution in [2.24, 2.45) is 22.7 Å². The second kappa shape index (κ2) is 3.04. The van der Waals surface area contributed by atoms with E-state index < -0.39 is 0 Å². The second-order valence-electron chi connectivity index (χ2n) is 7.89. The average molecular weight is 222 g/mol. The molecular weight excluding hydrogens is 196 g/mol. The Bertz CT molecular complexity index is 309. The van der Waals surface area contributed by atoms with Gasteiger partial charge in [0.25, 0.3) is 0 Å². The second-order valence-corrected chi connectivity index (χ2v) is 7.89. The molecule has 0 spiro atoms. The smallest absolute Gasteiger partial charge is 0.0684 e. The zero-order chi connectivity index (χ0) is 11.6. The summed E-state index contributed by atoms with van der Waals surface area (Å²) in [5.74, 6) is 1.40. The van der Waals surface area contributed by atoms with Gasteiger partial charge in [-0.25, -0.2) is 0 Å². The van der Waals surface area contributed by atoms with Crippen LogP contribution in [0.4, 0.5) is 0 Å². The van der Waals surface area contributed by atoms with Crippen molar-refractivity contribution in [2.45, 2.75) is 71.3 Å². The predicted molar refractivity (Wildman–Crippen MR) is 66.1 cm³/mol. The molecule has 3 saturated carbocycles. The van der Waals surface area contributed by atoms with Crippen LogP contribution in [0.1, 0.15) is 65.7 Å². The Kier molecular flexibility index (Phi) is 2.11. The molecule has 1 nitrogen and oxygen atoms in total. The first kappa shape index (κ1) is 11.1. The van der Waals surface area contributed by atoms with Crippen molar-refractivity contribution < 1.29 is 5.11 Å². The van der Waals surface area contributed by atoms with Crippen LogP contribution in [-0.2, 0) is 0 Å². The third kappa shape index (κ3) is 1.40. The first-order chi connectivity index (χ1) is 7.35. The summed E-state index contributed by atoms with van der Waals surface area (Å²) in [6.07, 6.45) is 8.70. The zero-order valence-electron chi connectivity index (χ0n) is 11.1. The molecule has 3 fully saturated rings. The molecule has 0 aromatic rings. The molecule has 0 aromatic carbocycles. The lowest BCUT2D eigenvalue weighted by atomic mass is 9.49. The highest BCUT2D eigenvalue weighted by atomic mass is 16.3. The molecular formula is C15H26O. The van der Waals surface area contributed by atoms with E-state index in [0.717, 1.165) is 18.8 Å².